The fourth-order valence-corrected chi connectivity index (χ4v) is 4.15. The molecule has 0 saturated carbocycles. The van der Waals surface area contributed by atoms with Crippen molar-refractivity contribution < 1.29 is 33.4 Å². The molecule has 1 unspecified atom stereocenters. The predicted molar refractivity (Wildman–Crippen MR) is 85.8 cm³/mol. The first-order valence-electron chi connectivity index (χ1n) is 7.58. The van der Waals surface area contributed by atoms with Gasteiger partial charge in [-0.25, -0.2) is 9.97 Å². The highest BCUT2D eigenvalue weighted by molar-refractivity contribution is 7.52. The lowest BCUT2D eigenvalue weighted by atomic mass is 10.2. The molecule has 0 spiro atoms. The molecule has 2 aliphatic rings. The highest BCUT2D eigenvalue weighted by Crippen LogP contribution is 2.52. The van der Waals surface area contributed by atoms with Gasteiger partial charge in [0.25, 0.3) is 5.91 Å². The summed E-state index contributed by atoms with van der Waals surface area (Å²) in [4.78, 5) is 29.6. The Kier molecular flexibility index (Phi) is 3.81. The standard InChI is InChI=1S/C13H16N5O7P/c1-4-16-9(14)6-5(10(15)20)2-18(11(6)17-4)12-7(19)8-13(24-12)23-3-26(21,22)25-8/h2,7-8,12-13,19H,3H2,1H3,(H2,15,20)(H,21,22)(H2,14,16,17)/t7-,8+,12-,13+/m1/s1. The molecular formula is C13H16N5O7P. The van der Waals surface area contributed by atoms with E-state index in [-0.39, 0.29) is 22.4 Å². The molecule has 2 saturated heterocycles. The first-order valence-corrected chi connectivity index (χ1v) is 9.34. The summed E-state index contributed by atoms with van der Waals surface area (Å²) in [6.45, 7) is 1.61. The highest BCUT2D eigenvalue weighted by atomic mass is 31.2. The molecule has 0 aliphatic carbocycles. The van der Waals surface area contributed by atoms with Crippen LogP contribution in [-0.2, 0) is 18.6 Å². The van der Waals surface area contributed by atoms with Crippen molar-refractivity contribution in [3.63, 3.8) is 0 Å². The minimum Gasteiger partial charge on any atom is -0.385 e. The van der Waals surface area contributed by atoms with Crippen molar-refractivity contribution in [3.8, 4) is 0 Å². The van der Waals surface area contributed by atoms with E-state index >= 15 is 0 Å². The Hall–Kier alpha value is -2.08. The Morgan fingerprint density at radius 3 is 2.88 bits per heavy atom. The second kappa shape index (κ2) is 5.71. The van der Waals surface area contributed by atoms with Crippen LogP contribution in [0.2, 0.25) is 0 Å². The lowest BCUT2D eigenvalue weighted by Crippen LogP contribution is -2.38. The summed E-state index contributed by atoms with van der Waals surface area (Å²) in [5.41, 5.74) is 11.6. The van der Waals surface area contributed by atoms with Gasteiger partial charge in [-0.1, -0.05) is 0 Å². The Morgan fingerprint density at radius 2 is 2.19 bits per heavy atom. The Morgan fingerprint density at radius 1 is 1.46 bits per heavy atom. The zero-order valence-corrected chi connectivity index (χ0v) is 14.4. The Labute approximate surface area is 146 Å². The van der Waals surface area contributed by atoms with Gasteiger partial charge >= 0.3 is 7.60 Å². The molecule has 2 aliphatic heterocycles. The largest absolute Gasteiger partial charge is 0.385 e. The molecular weight excluding hydrogens is 369 g/mol. The first kappa shape index (κ1) is 17.3. The van der Waals surface area contributed by atoms with Gasteiger partial charge in [0.15, 0.2) is 18.9 Å². The third-order valence-corrected chi connectivity index (χ3v) is 5.26. The molecule has 13 heteroatoms. The van der Waals surface area contributed by atoms with Crippen LogP contribution in [0.1, 0.15) is 22.4 Å². The molecule has 4 rings (SSSR count). The molecule has 4 heterocycles. The van der Waals surface area contributed by atoms with Gasteiger partial charge in [-0.05, 0) is 6.92 Å². The fourth-order valence-electron chi connectivity index (χ4n) is 3.15. The average molecular weight is 385 g/mol. The van der Waals surface area contributed by atoms with Crippen molar-refractivity contribution in [2.45, 2.75) is 31.6 Å². The maximum absolute atomic E-state index is 11.8. The SMILES string of the molecule is Cc1nc(N)c2c(C(N)=O)cn([C@@H]3O[C@@H]4OCP(=O)(O)O[C@H]4[C@H]3O)c2n1. The maximum Gasteiger partial charge on any atom is 0.354 e. The molecule has 2 aromatic heterocycles. The number of nitrogens with two attached hydrogens (primary N) is 2. The number of fused-ring (bicyclic) bond motifs is 2. The number of ether oxygens (including phenoxy) is 2. The molecule has 0 radical (unpaired) electrons. The summed E-state index contributed by atoms with van der Waals surface area (Å²) in [5, 5.41) is 10.8. The van der Waals surface area contributed by atoms with E-state index in [4.69, 9.17) is 25.5 Å². The monoisotopic (exact) mass is 385 g/mol. The van der Waals surface area contributed by atoms with E-state index in [0.29, 0.717) is 5.82 Å². The number of aryl methyl sites for hydroxylation is 1. The van der Waals surface area contributed by atoms with E-state index in [1.807, 2.05) is 0 Å². The number of aromatic nitrogens is 3. The van der Waals surface area contributed by atoms with Gasteiger partial charge in [0, 0.05) is 6.20 Å². The van der Waals surface area contributed by atoms with Crippen molar-refractivity contribution in [2.75, 3.05) is 12.1 Å². The number of amides is 1. The summed E-state index contributed by atoms with van der Waals surface area (Å²) in [7, 11) is -3.98. The van der Waals surface area contributed by atoms with Crippen LogP contribution < -0.4 is 11.5 Å². The van der Waals surface area contributed by atoms with Crippen LogP contribution in [-0.4, -0.2) is 55.3 Å². The van der Waals surface area contributed by atoms with Crippen LogP contribution in [0.4, 0.5) is 5.82 Å². The van der Waals surface area contributed by atoms with E-state index in [1.165, 1.54) is 10.8 Å². The molecule has 1 amide bonds. The molecule has 5 atom stereocenters. The van der Waals surface area contributed by atoms with Gasteiger partial charge in [-0.15, -0.1) is 0 Å². The van der Waals surface area contributed by atoms with Gasteiger partial charge in [-0.2, -0.15) is 0 Å². The number of carbonyl (C=O) groups excluding carboxylic acids is 1. The third-order valence-electron chi connectivity index (χ3n) is 4.21. The number of hydrogen-bond acceptors (Lipinski definition) is 9. The van der Waals surface area contributed by atoms with Crippen LogP contribution >= 0.6 is 7.60 Å². The smallest absolute Gasteiger partial charge is 0.354 e. The van der Waals surface area contributed by atoms with Crippen molar-refractivity contribution in [1.82, 2.24) is 14.5 Å². The van der Waals surface area contributed by atoms with E-state index in [1.54, 1.807) is 6.92 Å². The number of nitrogen functional groups attached to an aromatic ring is 1. The lowest BCUT2D eigenvalue weighted by molar-refractivity contribution is -0.178. The molecule has 140 valence electrons. The highest BCUT2D eigenvalue weighted by Gasteiger charge is 2.53. The zero-order chi connectivity index (χ0) is 18.8. The topological polar surface area (TPSA) is 185 Å². The number of carbonyl (C=O) groups is 1. The number of anilines is 1. The minimum absolute atomic E-state index is 0.0531. The van der Waals surface area contributed by atoms with E-state index in [0.717, 1.165) is 0 Å². The van der Waals surface area contributed by atoms with Crippen LogP contribution in [0.3, 0.4) is 0 Å². The normalized spacial score (nSPS) is 34.1. The van der Waals surface area contributed by atoms with Crippen molar-refractivity contribution in [1.29, 1.82) is 0 Å². The van der Waals surface area contributed by atoms with Crippen LogP contribution in [0.5, 0.6) is 0 Å². The summed E-state index contributed by atoms with van der Waals surface area (Å²) in [5.74, 6) is -0.370. The lowest BCUT2D eigenvalue weighted by Gasteiger charge is -2.28. The summed E-state index contributed by atoms with van der Waals surface area (Å²) in [6.07, 6.45) is -3.93. The van der Waals surface area contributed by atoms with Crippen molar-refractivity contribution >= 4 is 30.4 Å². The molecule has 2 fully saturated rings. The maximum atomic E-state index is 11.8. The van der Waals surface area contributed by atoms with Crippen molar-refractivity contribution in [3.05, 3.63) is 17.6 Å². The number of aliphatic hydroxyl groups is 1. The van der Waals surface area contributed by atoms with Crippen LogP contribution in [0.15, 0.2) is 6.20 Å². The predicted octanol–water partition coefficient (Wildman–Crippen LogP) is -0.805. The van der Waals surface area contributed by atoms with Crippen LogP contribution in [0.25, 0.3) is 11.0 Å². The Balaban J connectivity index is 1.83. The second-order valence-electron chi connectivity index (χ2n) is 6.06. The Bertz CT molecular complexity index is 962. The summed E-state index contributed by atoms with van der Waals surface area (Å²) >= 11 is 0. The average Bonchev–Trinajstić information content (AvgIpc) is 3.05. The quantitative estimate of drug-likeness (QED) is 0.477. The molecule has 26 heavy (non-hydrogen) atoms. The third kappa shape index (κ3) is 2.58. The van der Waals surface area contributed by atoms with E-state index in [9.17, 15) is 19.4 Å². The minimum atomic E-state index is -3.98. The van der Waals surface area contributed by atoms with E-state index in [2.05, 4.69) is 9.97 Å². The zero-order valence-electron chi connectivity index (χ0n) is 13.5. The van der Waals surface area contributed by atoms with Gasteiger partial charge in [0.05, 0.1) is 10.9 Å². The van der Waals surface area contributed by atoms with E-state index < -0.39 is 44.6 Å². The summed E-state index contributed by atoms with van der Waals surface area (Å²) in [6, 6.07) is 0. The number of primary amides is 1. The number of rotatable bonds is 2. The first-order chi connectivity index (χ1) is 12.2. The summed E-state index contributed by atoms with van der Waals surface area (Å²) < 4.78 is 28.9. The molecule has 6 N–H and O–H groups in total. The van der Waals surface area contributed by atoms with Gasteiger partial charge in [0.2, 0.25) is 0 Å². The number of nitrogens with zero attached hydrogens (tertiary/aromatic N) is 3. The second-order valence-corrected chi connectivity index (χ2v) is 7.80. The fraction of sp³-hybridized carbons (Fsp3) is 0.462. The molecule has 12 nitrogen and oxygen atoms in total. The van der Waals surface area contributed by atoms with Crippen molar-refractivity contribution in [2.24, 2.45) is 5.73 Å². The van der Waals surface area contributed by atoms with Gasteiger partial charge in [-0.3, -0.25) is 13.9 Å². The van der Waals surface area contributed by atoms with Gasteiger partial charge in [0.1, 0.15) is 29.5 Å². The molecule has 0 aromatic carbocycles. The molecule has 0 bridgehead atoms. The molecule has 2 aromatic rings. The van der Waals surface area contributed by atoms with Crippen LogP contribution in [0, 0.1) is 6.92 Å². The number of hydrogen-bond donors (Lipinski definition) is 4. The number of aliphatic hydroxyl groups excluding tert-OH is 1. The van der Waals surface area contributed by atoms with Gasteiger partial charge < -0.3 is 35.5 Å².